The molecule has 0 aromatic heterocycles. The van der Waals surface area contributed by atoms with Gasteiger partial charge in [-0.25, -0.2) is 0 Å². The quantitative estimate of drug-likeness (QED) is 0.665. The summed E-state index contributed by atoms with van der Waals surface area (Å²) in [5.41, 5.74) is 5.80. The molecule has 0 aliphatic rings. The summed E-state index contributed by atoms with van der Waals surface area (Å²) in [4.78, 5) is 13.6. The number of methoxy groups -OCH3 is 1. The highest BCUT2D eigenvalue weighted by Crippen LogP contribution is 2.15. The molecule has 0 aromatic carbocycles. The van der Waals surface area contributed by atoms with E-state index in [-0.39, 0.29) is 17.3 Å². The van der Waals surface area contributed by atoms with Gasteiger partial charge in [0.25, 0.3) is 0 Å². The van der Waals surface area contributed by atoms with Gasteiger partial charge in [-0.3, -0.25) is 4.79 Å². The Morgan fingerprint density at radius 3 is 2.44 bits per heavy atom. The van der Waals surface area contributed by atoms with Crippen molar-refractivity contribution in [3.63, 3.8) is 0 Å². The standard InChI is InChI=1S/C12H26N2O2/c1-6-14(9-12(3,4)8-13)7-10(2)11(15)16-5/h10H,6-9,13H2,1-5H3. The fourth-order valence-electron chi connectivity index (χ4n) is 1.64. The van der Waals surface area contributed by atoms with E-state index >= 15 is 0 Å². The molecule has 1 atom stereocenters. The molecule has 0 aliphatic heterocycles. The topological polar surface area (TPSA) is 55.6 Å². The number of hydrogen-bond donors (Lipinski definition) is 1. The molecule has 0 rings (SSSR count). The van der Waals surface area contributed by atoms with Crippen LogP contribution in [0.5, 0.6) is 0 Å². The number of rotatable bonds is 7. The Hall–Kier alpha value is -0.610. The molecule has 4 nitrogen and oxygen atoms in total. The second-order valence-corrected chi connectivity index (χ2v) is 5.12. The van der Waals surface area contributed by atoms with Crippen molar-refractivity contribution in [1.29, 1.82) is 0 Å². The van der Waals surface area contributed by atoms with Crippen LogP contribution in [0.1, 0.15) is 27.7 Å². The van der Waals surface area contributed by atoms with Gasteiger partial charge in [0.15, 0.2) is 0 Å². The van der Waals surface area contributed by atoms with E-state index in [2.05, 4.69) is 25.7 Å². The highest BCUT2D eigenvalue weighted by Gasteiger charge is 2.22. The number of nitrogens with zero attached hydrogens (tertiary/aromatic N) is 1. The van der Waals surface area contributed by atoms with Crippen molar-refractivity contribution in [3.05, 3.63) is 0 Å². The Bertz CT molecular complexity index is 217. The molecule has 0 radical (unpaired) electrons. The van der Waals surface area contributed by atoms with Crippen molar-refractivity contribution >= 4 is 5.97 Å². The second kappa shape index (κ2) is 6.86. The smallest absolute Gasteiger partial charge is 0.309 e. The van der Waals surface area contributed by atoms with Gasteiger partial charge in [0, 0.05) is 13.1 Å². The molecule has 0 saturated carbocycles. The molecule has 0 heterocycles. The largest absolute Gasteiger partial charge is 0.469 e. The number of nitrogens with two attached hydrogens (primary N) is 1. The average molecular weight is 230 g/mol. The zero-order valence-electron chi connectivity index (χ0n) is 11.2. The van der Waals surface area contributed by atoms with Crippen LogP contribution >= 0.6 is 0 Å². The summed E-state index contributed by atoms with van der Waals surface area (Å²) < 4.78 is 4.72. The van der Waals surface area contributed by atoms with Crippen molar-refractivity contribution in [1.82, 2.24) is 4.90 Å². The first-order valence-electron chi connectivity index (χ1n) is 5.86. The lowest BCUT2D eigenvalue weighted by Crippen LogP contribution is -2.41. The van der Waals surface area contributed by atoms with Crippen LogP contribution in [0.4, 0.5) is 0 Å². The van der Waals surface area contributed by atoms with Gasteiger partial charge in [-0.15, -0.1) is 0 Å². The predicted octanol–water partition coefficient (Wildman–Crippen LogP) is 1.10. The molecular weight excluding hydrogens is 204 g/mol. The van der Waals surface area contributed by atoms with Gasteiger partial charge >= 0.3 is 5.97 Å². The van der Waals surface area contributed by atoms with Crippen LogP contribution in [0, 0.1) is 11.3 Å². The molecule has 0 fully saturated rings. The summed E-state index contributed by atoms with van der Waals surface area (Å²) in [6.07, 6.45) is 0. The molecule has 2 N–H and O–H groups in total. The number of carbonyl (C=O) groups excluding carboxylic acids is 1. The van der Waals surface area contributed by atoms with Gasteiger partial charge < -0.3 is 15.4 Å². The molecule has 96 valence electrons. The molecule has 1 unspecified atom stereocenters. The van der Waals surface area contributed by atoms with E-state index in [0.717, 1.165) is 19.6 Å². The van der Waals surface area contributed by atoms with Gasteiger partial charge in [-0.1, -0.05) is 27.7 Å². The zero-order valence-corrected chi connectivity index (χ0v) is 11.2. The van der Waals surface area contributed by atoms with E-state index in [1.54, 1.807) is 0 Å². The predicted molar refractivity (Wildman–Crippen MR) is 66.1 cm³/mol. The van der Waals surface area contributed by atoms with Crippen LogP contribution in [0.3, 0.4) is 0 Å². The first-order valence-corrected chi connectivity index (χ1v) is 5.86. The maximum atomic E-state index is 11.3. The first kappa shape index (κ1) is 15.4. The molecule has 0 saturated heterocycles. The van der Waals surface area contributed by atoms with Crippen molar-refractivity contribution in [3.8, 4) is 0 Å². The summed E-state index contributed by atoms with van der Waals surface area (Å²) in [6, 6.07) is 0. The average Bonchev–Trinajstić information content (AvgIpc) is 2.26. The van der Waals surface area contributed by atoms with Crippen LogP contribution in [0.15, 0.2) is 0 Å². The minimum Gasteiger partial charge on any atom is -0.469 e. The van der Waals surface area contributed by atoms with Crippen LogP contribution in [-0.4, -0.2) is 44.2 Å². The minimum absolute atomic E-state index is 0.0847. The van der Waals surface area contributed by atoms with Gasteiger partial charge in [-0.05, 0) is 18.5 Å². The van der Waals surface area contributed by atoms with E-state index < -0.39 is 0 Å². The SMILES string of the molecule is CCN(CC(C)C(=O)OC)CC(C)(C)CN. The molecular formula is C12H26N2O2. The lowest BCUT2D eigenvalue weighted by atomic mass is 9.92. The summed E-state index contributed by atoms with van der Waals surface area (Å²) >= 11 is 0. The third-order valence-electron chi connectivity index (χ3n) is 2.79. The number of hydrogen-bond acceptors (Lipinski definition) is 4. The Kier molecular flexibility index (Phi) is 6.60. The minimum atomic E-state index is -0.149. The Labute approximate surface area is 99.1 Å². The number of ether oxygens (including phenoxy) is 1. The third kappa shape index (κ3) is 5.47. The molecule has 4 heteroatoms. The van der Waals surface area contributed by atoms with Crippen LogP contribution in [0.2, 0.25) is 0 Å². The normalized spacial score (nSPS) is 13.9. The summed E-state index contributed by atoms with van der Waals surface area (Å²) in [5, 5.41) is 0. The fraction of sp³-hybridized carbons (Fsp3) is 0.917. The Morgan fingerprint density at radius 1 is 1.50 bits per heavy atom. The van der Waals surface area contributed by atoms with Crippen LogP contribution < -0.4 is 5.73 Å². The molecule has 16 heavy (non-hydrogen) atoms. The van der Waals surface area contributed by atoms with E-state index in [9.17, 15) is 4.79 Å². The van der Waals surface area contributed by atoms with Gasteiger partial charge in [-0.2, -0.15) is 0 Å². The van der Waals surface area contributed by atoms with Gasteiger partial charge in [0.2, 0.25) is 0 Å². The lowest BCUT2D eigenvalue weighted by molar-refractivity contribution is -0.145. The molecule has 0 aliphatic carbocycles. The number of carbonyl (C=O) groups is 1. The highest BCUT2D eigenvalue weighted by atomic mass is 16.5. The Morgan fingerprint density at radius 2 is 2.06 bits per heavy atom. The zero-order chi connectivity index (χ0) is 12.8. The van der Waals surface area contributed by atoms with E-state index in [1.807, 2.05) is 6.92 Å². The van der Waals surface area contributed by atoms with E-state index in [4.69, 9.17) is 10.5 Å². The second-order valence-electron chi connectivity index (χ2n) is 5.12. The molecule has 0 amide bonds. The molecule has 0 spiro atoms. The highest BCUT2D eigenvalue weighted by molar-refractivity contribution is 5.72. The summed E-state index contributed by atoms with van der Waals surface area (Å²) in [6.45, 7) is 11.5. The molecule has 0 bridgehead atoms. The van der Waals surface area contributed by atoms with Crippen LogP contribution in [-0.2, 0) is 9.53 Å². The van der Waals surface area contributed by atoms with Crippen LogP contribution in [0.25, 0.3) is 0 Å². The van der Waals surface area contributed by atoms with Crippen molar-refractivity contribution < 1.29 is 9.53 Å². The maximum absolute atomic E-state index is 11.3. The lowest BCUT2D eigenvalue weighted by Gasteiger charge is -2.32. The van der Waals surface area contributed by atoms with Gasteiger partial charge in [0.05, 0.1) is 13.0 Å². The van der Waals surface area contributed by atoms with Crippen molar-refractivity contribution in [2.24, 2.45) is 17.1 Å². The van der Waals surface area contributed by atoms with E-state index in [1.165, 1.54) is 7.11 Å². The fourth-order valence-corrected chi connectivity index (χ4v) is 1.64. The Balaban J connectivity index is 4.25. The van der Waals surface area contributed by atoms with Crippen molar-refractivity contribution in [2.45, 2.75) is 27.7 Å². The number of esters is 1. The maximum Gasteiger partial charge on any atom is 0.309 e. The monoisotopic (exact) mass is 230 g/mol. The van der Waals surface area contributed by atoms with E-state index in [0.29, 0.717) is 6.54 Å². The molecule has 0 aromatic rings. The summed E-state index contributed by atoms with van der Waals surface area (Å²) in [5.74, 6) is -0.234. The first-order chi connectivity index (χ1) is 7.36. The van der Waals surface area contributed by atoms with Gasteiger partial charge in [0.1, 0.15) is 0 Å². The summed E-state index contributed by atoms with van der Waals surface area (Å²) in [7, 11) is 1.43. The van der Waals surface area contributed by atoms with Crippen molar-refractivity contribution in [2.75, 3.05) is 33.3 Å². The third-order valence-corrected chi connectivity index (χ3v) is 2.79.